The van der Waals surface area contributed by atoms with Gasteiger partial charge in [0.15, 0.2) is 0 Å². The number of fused-ring (bicyclic) bond motifs is 1. The summed E-state index contributed by atoms with van der Waals surface area (Å²) in [4.78, 5) is 22.3. The van der Waals surface area contributed by atoms with E-state index in [-0.39, 0.29) is 11.5 Å². The maximum atomic E-state index is 11.5. The van der Waals surface area contributed by atoms with Crippen LogP contribution in [0.5, 0.6) is 0 Å². The number of nitrogens with zero attached hydrogens (tertiary/aromatic N) is 1. The summed E-state index contributed by atoms with van der Waals surface area (Å²) in [6.07, 6.45) is 0.949. The molecule has 0 fully saturated rings. The first-order valence-electron chi connectivity index (χ1n) is 4.70. The Labute approximate surface area is 94.7 Å². The second-order valence-corrected chi connectivity index (χ2v) is 4.50. The van der Waals surface area contributed by atoms with Crippen LogP contribution in [0.25, 0.3) is 0 Å². The van der Waals surface area contributed by atoms with E-state index in [0.29, 0.717) is 19.4 Å². The number of aliphatic carboxylic acids is 1. The normalized spacial score (nSPS) is 19.7. The van der Waals surface area contributed by atoms with E-state index >= 15 is 0 Å². The molecule has 4 nitrogen and oxygen atoms in total. The molecular weight excluding hydrogens is 262 g/mol. The van der Waals surface area contributed by atoms with Crippen LogP contribution >= 0.6 is 15.9 Å². The van der Waals surface area contributed by atoms with E-state index in [1.165, 1.54) is 6.07 Å². The molecule has 1 aromatic heterocycles. The highest BCUT2D eigenvalue weighted by atomic mass is 79.9. The first kappa shape index (κ1) is 10.4. The molecule has 0 bridgehead atoms. The minimum absolute atomic E-state index is 0.0583. The number of rotatable bonds is 1. The third-order valence-electron chi connectivity index (χ3n) is 2.73. The summed E-state index contributed by atoms with van der Waals surface area (Å²) in [6.45, 7) is 0.491. The molecule has 1 aromatic rings. The van der Waals surface area contributed by atoms with E-state index in [1.807, 2.05) is 0 Å². The molecule has 1 N–H and O–H groups in total. The highest BCUT2D eigenvalue weighted by molar-refractivity contribution is 9.10. The predicted molar refractivity (Wildman–Crippen MR) is 57.8 cm³/mol. The second kappa shape index (κ2) is 3.81. The Balaban J connectivity index is 2.45. The van der Waals surface area contributed by atoms with Gasteiger partial charge in [-0.3, -0.25) is 9.59 Å². The molecule has 5 heteroatoms. The summed E-state index contributed by atoms with van der Waals surface area (Å²) >= 11 is 3.34. The van der Waals surface area contributed by atoms with Gasteiger partial charge in [0.25, 0.3) is 5.56 Å². The summed E-state index contributed by atoms with van der Waals surface area (Å²) in [5, 5.41) is 8.92. The first-order chi connectivity index (χ1) is 7.09. The average molecular weight is 272 g/mol. The van der Waals surface area contributed by atoms with E-state index in [9.17, 15) is 9.59 Å². The van der Waals surface area contributed by atoms with Crippen LogP contribution < -0.4 is 5.56 Å². The van der Waals surface area contributed by atoms with Gasteiger partial charge in [-0.05, 0) is 28.4 Å². The monoisotopic (exact) mass is 271 g/mol. The van der Waals surface area contributed by atoms with Crippen molar-refractivity contribution < 1.29 is 9.90 Å². The van der Waals surface area contributed by atoms with Crippen molar-refractivity contribution in [3.63, 3.8) is 0 Å². The van der Waals surface area contributed by atoms with Gasteiger partial charge in [-0.2, -0.15) is 0 Å². The van der Waals surface area contributed by atoms with Crippen LogP contribution in [0.15, 0.2) is 21.4 Å². The third-order valence-corrected chi connectivity index (χ3v) is 3.45. The van der Waals surface area contributed by atoms with Crippen LogP contribution in [0.2, 0.25) is 0 Å². The molecule has 80 valence electrons. The highest BCUT2D eigenvalue weighted by Gasteiger charge is 2.25. The topological polar surface area (TPSA) is 59.3 Å². The van der Waals surface area contributed by atoms with Crippen molar-refractivity contribution in [3.05, 3.63) is 32.7 Å². The van der Waals surface area contributed by atoms with Gasteiger partial charge in [-0.15, -0.1) is 0 Å². The largest absolute Gasteiger partial charge is 0.481 e. The van der Waals surface area contributed by atoms with Gasteiger partial charge in [0.05, 0.1) is 5.92 Å². The lowest BCUT2D eigenvalue weighted by atomic mass is 9.95. The molecule has 0 radical (unpaired) electrons. The summed E-state index contributed by atoms with van der Waals surface area (Å²) in [6, 6.07) is 3.17. The Morgan fingerprint density at radius 3 is 2.93 bits per heavy atom. The molecule has 1 unspecified atom stereocenters. The van der Waals surface area contributed by atoms with Crippen LogP contribution in [0.4, 0.5) is 0 Å². The average Bonchev–Trinajstić information content (AvgIpc) is 2.23. The molecule has 15 heavy (non-hydrogen) atoms. The second-order valence-electron chi connectivity index (χ2n) is 3.65. The number of hydrogen-bond donors (Lipinski definition) is 1. The predicted octanol–water partition coefficient (Wildman–Crippen LogP) is 1.26. The van der Waals surface area contributed by atoms with Gasteiger partial charge in [-0.1, -0.05) is 0 Å². The Morgan fingerprint density at radius 2 is 2.27 bits per heavy atom. The van der Waals surface area contributed by atoms with E-state index in [1.54, 1.807) is 10.6 Å². The quantitative estimate of drug-likeness (QED) is 0.837. The Kier molecular flexibility index (Phi) is 2.65. The Morgan fingerprint density at radius 1 is 1.53 bits per heavy atom. The Bertz CT molecular complexity index is 466. The fraction of sp³-hybridized carbons (Fsp3) is 0.400. The standard InChI is InChI=1S/C10H10BrNO3/c11-7-1-2-9(13)12-4-3-6(10(14)15)5-8(7)12/h1-2,6H,3-5H2,(H,14,15). The van der Waals surface area contributed by atoms with Crippen molar-refractivity contribution in [1.29, 1.82) is 0 Å². The smallest absolute Gasteiger partial charge is 0.306 e. The van der Waals surface area contributed by atoms with Crippen molar-refractivity contribution >= 4 is 21.9 Å². The number of pyridine rings is 1. The fourth-order valence-corrected chi connectivity index (χ4v) is 2.38. The minimum atomic E-state index is -0.788. The van der Waals surface area contributed by atoms with E-state index in [0.717, 1.165) is 10.2 Å². The zero-order chi connectivity index (χ0) is 11.0. The molecule has 0 spiro atoms. The Hall–Kier alpha value is -1.10. The van der Waals surface area contributed by atoms with E-state index in [2.05, 4.69) is 15.9 Å². The highest BCUT2D eigenvalue weighted by Crippen LogP contribution is 2.24. The van der Waals surface area contributed by atoms with Crippen LogP contribution in [0.3, 0.4) is 0 Å². The molecule has 0 saturated heterocycles. The minimum Gasteiger partial charge on any atom is -0.481 e. The molecule has 2 heterocycles. The lowest BCUT2D eigenvalue weighted by Gasteiger charge is -2.23. The molecule has 0 amide bonds. The third kappa shape index (κ3) is 1.84. The first-order valence-corrected chi connectivity index (χ1v) is 5.50. The number of aromatic nitrogens is 1. The van der Waals surface area contributed by atoms with Crippen LogP contribution in [0, 0.1) is 5.92 Å². The van der Waals surface area contributed by atoms with Crippen LogP contribution in [0.1, 0.15) is 12.1 Å². The van der Waals surface area contributed by atoms with E-state index < -0.39 is 5.97 Å². The number of carboxylic acid groups (broad SMARTS) is 1. The van der Waals surface area contributed by atoms with Crippen LogP contribution in [-0.4, -0.2) is 15.6 Å². The van der Waals surface area contributed by atoms with Crippen molar-refractivity contribution in [2.45, 2.75) is 19.4 Å². The lowest BCUT2D eigenvalue weighted by molar-refractivity contribution is -0.142. The molecule has 1 atom stereocenters. The van der Waals surface area contributed by atoms with Crippen LogP contribution in [-0.2, 0) is 17.8 Å². The maximum absolute atomic E-state index is 11.5. The molecule has 1 aliphatic rings. The summed E-state index contributed by atoms with van der Waals surface area (Å²) in [5.74, 6) is -1.16. The van der Waals surface area contributed by atoms with Crippen molar-refractivity contribution in [3.8, 4) is 0 Å². The van der Waals surface area contributed by atoms with Gasteiger partial charge in [0.2, 0.25) is 0 Å². The van der Waals surface area contributed by atoms with Crippen molar-refractivity contribution in [2.24, 2.45) is 5.92 Å². The molecule has 1 aliphatic heterocycles. The van der Waals surface area contributed by atoms with Gasteiger partial charge < -0.3 is 9.67 Å². The molecule has 2 rings (SSSR count). The fourth-order valence-electron chi connectivity index (χ4n) is 1.88. The lowest BCUT2D eigenvalue weighted by Crippen LogP contribution is -2.32. The summed E-state index contributed by atoms with van der Waals surface area (Å²) in [7, 11) is 0. The molecular formula is C10H10BrNO3. The molecule has 0 saturated carbocycles. The van der Waals surface area contributed by atoms with Gasteiger partial charge >= 0.3 is 5.97 Å². The zero-order valence-electron chi connectivity index (χ0n) is 7.94. The number of hydrogen-bond acceptors (Lipinski definition) is 2. The SMILES string of the molecule is O=C(O)C1CCn2c(c(Br)ccc2=O)C1. The number of carbonyl (C=O) groups is 1. The van der Waals surface area contributed by atoms with Crippen molar-refractivity contribution in [2.75, 3.05) is 0 Å². The number of carboxylic acids is 1. The van der Waals surface area contributed by atoms with Gasteiger partial charge in [0.1, 0.15) is 0 Å². The number of halogens is 1. The van der Waals surface area contributed by atoms with E-state index in [4.69, 9.17) is 5.11 Å². The summed E-state index contributed by atoms with van der Waals surface area (Å²) in [5.41, 5.74) is 0.734. The summed E-state index contributed by atoms with van der Waals surface area (Å²) < 4.78 is 2.46. The van der Waals surface area contributed by atoms with Gasteiger partial charge in [0, 0.05) is 29.2 Å². The van der Waals surface area contributed by atoms with Crippen molar-refractivity contribution in [1.82, 2.24) is 4.57 Å². The van der Waals surface area contributed by atoms with Gasteiger partial charge in [-0.25, -0.2) is 0 Å². The zero-order valence-corrected chi connectivity index (χ0v) is 9.53. The molecule has 0 aliphatic carbocycles. The maximum Gasteiger partial charge on any atom is 0.306 e. The molecule has 0 aromatic carbocycles.